The van der Waals surface area contributed by atoms with Crippen molar-refractivity contribution >= 4 is 22.1 Å². The molecule has 3 heteroatoms. The molecule has 0 N–H and O–H groups in total. The normalized spacial score (nSPS) is 11.3. The van der Waals surface area contributed by atoms with Crippen LogP contribution in [0.25, 0.3) is 111 Å². The number of para-hydroxylation sites is 1. The van der Waals surface area contributed by atoms with Gasteiger partial charge >= 0.3 is 0 Å². The van der Waals surface area contributed by atoms with Gasteiger partial charge in [0.2, 0.25) is 0 Å². The average Bonchev–Trinajstić information content (AvgIpc) is 3.73. The van der Waals surface area contributed by atoms with Crippen molar-refractivity contribution in [2.24, 2.45) is 0 Å². The molecule has 0 aliphatic heterocycles. The highest BCUT2D eigenvalue weighted by molar-refractivity contribution is 6.07. The summed E-state index contributed by atoms with van der Waals surface area (Å²) in [5.41, 5.74) is 19.0. The summed E-state index contributed by atoms with van der Waals surface area (Å²) >= 11 is 0. The van der Waals surface area contributed by atoms with Crippen LogP contribution >= 0.6 is 0 Å². The maximum Gasteiger partial charge on any atom is 0.180 e. The lowest BCUT2D eigenvalue weighted by molar-refractivity contribution is 0.667. The summed E-state index contributed by atoms with van der Waals surface area (Å²) in [6.45, 7) is 0. The van der Waals surface area contributed by atoms with E-state index in [4.69, 9.17) is 14.4 Å². The summed E-state index contributed by atoms with van der Waals surface area (Å²) in [6.07, 6.45) is 0. The predicted molar refractivity (Wildman–Crippen MR) is 253 cm³/mol. The van der Waals surface area contributed by atoms with Crippen LogP contribution in [-0.2, 0) is 0 Å². The number of benzene rings is 9. The fraction of sp³-hybridized carbons (Fsp3) is 0. The van der Waals surface area contributed by atoms with Crippen molar-refractivity contribution in [2.75, 3.05) is 0 Å². The van der Waals surface area contributed by atoms with E-state index in [1.807, 2.05) is 24.3 Å². The van der Waals surface area contributed by atoms with E-state index >= 15 is 0 Å². The second kappa shape index (κ2) is 15.6. The zero-order valence-electron chi connectivity index (χ0n) is 33.2. The Labute approximate surface area is 354 Å². The average molecular weight is 779 g/mol. The van der Waals surface area contributed by atoms with Gasteiger partial charge in [0.05, 0.1) is 0 Å². The highest BCUT2D eigenvalue weighted by Crippen LogP contribution is 2.38. The molecule has 11 aromatic rings. The van der Waals surface area contributed by atoms with Crippen LogP contribution in [0.15, 0.2) is 235 Å². The van der Waals surface area contributed by atoms with Crippen LogP contribution in [0.1, 0.15) is 0 Å². The number of aromatic nitrogens is 2. The van der Waals surface area contributed by atoms with Crippen LogP contribution < -0.4 is 0 Å². The Morgan fingerprint density at radius 2 is 0.623 bits per heavy atom. The smallest absolute Gasteiger partial charge is 0.180 e. The fourth-order valence-corrected chi connectivity index (χ4v) is 8.35. The quantitative estimate of drug-likeness (QED) is 0.154. The molecule has 0 spiro atoms. The first kappa shape index (κ1) is 36.0. The van der Waals surface area contributed by atoms with Crippen molar-refractivity contribution in [3.8, 4) is 89.4 Å². The number of hydrogen-bond acceptors (Lipinski definition) is 3. The van der Waals surface area contributed by atoms with E-state index in [2.05, 4.69) is 206 Å². The number of nitrogens with zero attached hydrogens (tertiary/aromatic N) is 2. The van der Waals surface area contributed by atoms with Gasteiger partial charge in [-0.1, -0.05) is 182 Å². The van der Waals surface area contributed by atoms with Crippen molar-refractivity contribution in [2.45, 2.75) is 0 Å². The maximum absolute atomic E-state index is 6.45. The topological polar surface area (TPSA) is 38.9 Å². The van der Waals surface area contributed by atoms with Gasteiger partial charge in [-0.15, -0.1) is 0 Å². The molecule has 0 aliphatic rings. The summed E-state index contributed by atoms with van der Waals surface area (Å²) in [5.74, 6) is 0.656. The standard InChI is InChI=1S/C58H38N2O/c1-4-15-39(16-5-1)45-22-14-26-49(35-45)55-57-56(53-27-10-11-28-54(53)61-57)60-58(59-55)43-31-29-42(30-32-43)44-21-12-23-46(33-44)47-24-13-25-48(34-47)52-37-50(40-17-6-2-7-18-40)36-51(38-52)41-19-8-3-9-20-41/h1-38H. The second-order valence-electron chi connectivity index (χ2n) is 15.4. The van der Waals surface area contributed by atoms with Gasteiger partial charge in [-0.25, -0.2) is 9.97 Å². The van der Waals surface area contributed by atoms with Gasteiger partial charge in [-0.2, -0.15) is 0 Å². The first-order chi connectivity index (χ1) is 30.2. The van der Waals surface area contributed by atoms with Crippen LogP contribution in [0.3, 0.4) is 0 Å². The van der Waals surface area contributed by atoms with Crippen molar-refractivity contribution in [1.29, 1.82) is 0 Å². The van der Waals surface area contributed by atoms with E-state index in [-0.39, 0.29) is 0 Å². The summed E-state index contributed by atoms with van der Waals surface area (Å²) in [6, 6.07) is 81.4. The molecule has 0 atom stereocenters. The van der Waals surface area contributed by atoms with Gasteiger partial charge in [0.1, 0.15) is 16.8 Å². The third-order valence-electron chi connectivity index (χ3n) is 11.5. The Hall–Kier alpha value is -8.14. The van der Waals surface area contributed by atoms with Crippen molar-refractivity contribution in [1.82, 2.24) is 9.97 Å². The van der Waals surface area contributed by atoms with E-state index in [0.29, 0.717) is 11.4 Å². The van der Waals surface area contributed by atoms with Crippen LogP contribution in [0, 0.1) is 0 Å². The third kappa shape index (κ3) is 7.09. The van der Waals surface area contributed by atoms with Crippen LogP contribution in [0.2, 0.25) is 0 Å². The number of rotatable bonds is 8. The van der Waals surface area contributed by atoms with Gasteiger partial charge < -0.3 is 4.42 Å². The van der Waals surface area contributed by atoms with Gasteiger partial charge in [-0.3, -0.25) is 0 Å². The number of fused-ring (bicyclic) bond motifs is 3. The zero-order valence-corrected chi connectivity index (χ0v) is 33.2. The third-order valence-corrected chi connectivity index (χ3v) is 11.5. The van der Waals surface area contributed by atoms with Gasteiger partial charge in [-0.05, 0) is 115 Å². The monoisotopic (exact) mass is 778 g/mol. The lowest BCUT2D eigenvalue weighted by Crippen LogP contribution is -1.94. The molecule has 0 fully saturated rings. The minimum absolute atomic E-state index is 0.656. The lowest BCUT2D eigenvalue weighted by atomic mass is 9.92. The summed E-state index contributed by atoms with van der Waals surface area (Å²) in [5, 5.41) is 0.972. The van der Waals surface area contributed by atoms with Crippen molar-refractivity contribution < 1.29 is 4.42 Å². The minimum Gasteiger partial charge on any atom is -0.452 e. The zero-order chi connectivity index (χ0) is 40.5. The summed E-state index contributed by atoms with van der Waals surface area (Å²) < 4.78 is 6.45. The highest BCUT2D eigenvalue weighted by Gasteiger charge is 2.19. The fourth-order valence-electron chi connectivity index (χ4n) is 8.35. The molecule has 0 aliphatic carbocycles. The molecule has 286 valence electrons. The van der Waals surface area contributed by atoms with Crippen LogP contribution in [-0.4, -0.2) is 9.97 Å². The largest absolute Gasteiger partial charge is 0.452 e. The Bertz CT molecular complexity index is 3280. The lowest BCUT2D eigenvalue weighted by Gasteiger charge is -2.13. The molecule has 0 radical (unpaired) electrons. The molecular weight excluding hydrogens is 741 g/mol. The highest BCUT2D eigenvalue weighted by atomic mass is 16.3. The first-order valence-corrected chi connectivity index (χ1v) is 20.6. The van der Waals surface area contributed by atoms with E-state index in [0.717, 1.165) is 61.1 Å². The number of furan rings is 1. The SMILES string of the molecule is c1ccc(-c2cc(-c3ccccc3)cc(-c3cccc(-c4cccc(-c5ccc(-c6nc(-c7cccc(-c8ccccc8)c7)c7oc8ccccc8c7n6)cc5)c4)c3)c2)cc1. The molecule has 0 amide bonds. The molecule has 3 nitrogen and oxygen atoms in total. The molecule has 0 saturated carbocycles. The Kier molecular flexibility index (Phi) is 9.18. The van der Waals surface area contributed by atoms with Gasteiger partial charge in [0.15, 0.2) is 11.4 Å². The Morgan fingerprint density at radius 1 is 0.262 bits per heavy atom. The van der Waals surface area contributed by atoms with E-state index in [9.17, 15) is 0 Å². The van der Waals surface area contributed by atoms with Gasteiger partial charge in [0.25, 0.3) is 0 Å². The molecule has 2 heterocycles. The van der Waals surface area contributed by atoms with Crippen molar-refractivity contribution in [3.05, 3.63) is 231 Å². The Balaban J connectivity index is 0.936. The minimum atomic E-state index is 0.656. The van der Waals surface area contributed by atoms with Crippen molar-refractivity contribution in [3.63, 3.8) is 0 Å². The second-order valence-corrected chi connectivity index (χ2v) is 15.4. The molecule has 9 aromatic carbocycles. The van der Waals surface area contributed by atoms with Crippen LogP contribution in [0.4, 0.5) is 0 Å². The van der Waals surface area contributed by atoms with Gasteiger partial charge in [0, 0.05) is 16.5 Å². The molecule has 61 heavy (non-hydrogen) atoms. The van der Waals surface area contributed by atoms with E-state index in [1.165, 1.54) is 38.9 Å². The van der Waals surface area contributed by atoms with Crippen LogP contribution in [0.5, 0.6) is 0 Å². The predicted octanol–water partition coefficient (Wildman–Crippen LogP) is 15.7. The summed E-state index contributed by atoms with van der Waals surface area (Å²) in [7, 11) is 0. The molecule has 0 unspecified atom stereocenters. The number of hydrogen-bond donors (Lipinski definition) is 0. The molecule has 2 aromatic heterocycles. The maximum atomic E-state index is 6.45. The molecule has 0 bridgehead atoms. The molecule has 0 saturated heterocycles. The van der Waals surface area contributed by atoms with E-state index < -0.39 is 0 Å². The Morgan fingerprint density at radius 3 is 1.18 bits per heavy atom. The summed E-state index contributed by atoms with van der Waals surface area (Å²) in [4.78, 5) is 10.3. The molecule has 11 rings (SSSR count). The first-order valence-electron chi connectivity index (χ1n) is 20.6. The van der Waals surface area contributed by atoms with E-state index in [1.54, 1.807) is 0 Å². The molecular formula is C58H38N2O.